The van der Waals surface area contributed by atoms with Crippen molar-refractivity contribution in [1.29, 1.82) is 0 Å². The lowest BCUT2D eigenvalue weighted by Crippen LogP contribution is -2.55. The Bertz CT molecular complexity index is 701. The molecule has 0 aliphatic carbocycles. The van der Waals surface area contributed by atoms with Crippen LogP contribution in [0, 0.1) is 0 Å². The molecule has 136 valence electrons. The number of aliphatic carboxylic acids is 1. The van der Waals surface area contributed by atoms with Gasteiger partial charge >= 0.3 is 11.9 Å². The number of carbonyl (C=O) groups excluding carboxylic acids is 1. The van der Waals surface area contributed by atoms with E-state index in [1.807, 2.05) is 0 Å². The van der Waals surface area contributed by atoms with E-state index < -0.39 is 35.7 Å². The van der Waals surface area contributed by atoms with Crippen molar-refractivity contribution in [3.63, 3.8) is 0 Å². The molecule has 2 unspecified atom stereocenters. The molecule has 1 aromatic carbocycles. The summed E-state index contributed by atoms with van der Waals surface area (Å²) >= 11 is 0. The van der Waals surface area contributed by atoms with Gasteiger partial charge < -0.3 is 19.7 Å². The Morgan fingerprint density at radius 3 is 2.72 bits per heavy atom. The number of hydrogen-bond donors (Lipinski definition) is 2. The number of carbonyl (C=O) groups is 2. The van der Waals surface area contributed by atoms with E-state index in [1.54, 1.807) is 36.9 Å². The average Bonchev–Trinajstić information content (AvgIpc) is 3.04. The van der Waals surface area contributed by atoms with Gasteiger partial charge in [-0.25, -0.2) is 4.79 Å². The first-order valence-electron chi connectivity index (χ1n) is 8.34. The second-order valence-corrected chi connectivity index (χ2v) is 7.07. The Kier molecular flexibility index (Phi) is 4.47. The highest BCUT2D eigenvalue weighted by atomic mass is 16.5. The highest BCUT2D eigenvalue weighted by Gasteiger charge is 2.49. The number of methoxy groups -OCH3 is 1. The van der Waals surface area contributed by atoms with Crippen LogP contribution in [0.5, 0.6) is 5.75 Å². The minimum absolute atomic E-state index is 0.341. The molecular formula is C18H23NO6. The zero-order valence-electron chi connectivity index (χ0n) is 14.6. The third-order valence-electron chi connectivity index (χ3n) is 5.07. The highest BCUT2D eigenvalue weighted by Crippen LogP contribution is 2.45. The molecule has 0 spiro atoms. The first-order valence-corrected chi connectivity index (χ1v) is 8.34. The molecule has 7 heteroatoms. The number of likely N-dealkylation sites (tertiary alicyclic amines) is 1. The van der Waals surface area contributed by atoms with Crippen molar-refractivity contribution in [3.8, 4) is 5.75 Å². The molecule has 7 nitrogen and oxygen atoms in total. The van der Waals surface area contributed by atoms with E-state index in [9.17, 15) is 19.8 Å². The third kappa shape index (κ3) is 2.98. The van der Waals surface area contributed by atoms with Gasteiger partial charge in [-0.05, 0) is 51.4 Å². The number of aliphatic hydroxyl groups excluding tert-OH is 1. The maximum Gasteiger partial charge on any atom is 0.337 e. The van der Waals surface area contributed by atoms with Gasteiger partial charge in [-0.15, -0.1) is 0 Å². The molecule has 2 aliphatic heterocycles. The van der Waals surface area contributed by atoms with Gasteiger partial charge in [0.1, 0.15) is 23.5 Å². The number of nitrogens with zero attached hydrogens (tertiary/aromatic N) is 1. The predicted molar refractivity (Wildman–Crippen MR) is 88.6 cm³/mol. The lowest BCUT2D eigenvalue weighted by atomic mass is 9.84. The molecule has 3 atom stereocenters. The van der Waals surface area contributed by atoms with Crippen LogP contribution in [0.25, 0.3) is 0 Å². The second kappa shape index (κ2) is 6.31. The van der Waals surface area contributed by atoms with Gasteiger partial charge in [-0.2, -0.15) is 0 Å². The Morgan fingerprint density at radius 1 is 1.36 bits per heavy atom. The Labute approximate surface area is 146 Å². The highest BCUT2D eigenvalue weighted by molar-refractivity contribution is 5.89. The number of fused-ring (bicyclic) bond motifs is 1. The topological polar surface area (TPSA) is 96.3 Å². The van der Waals surface area contributed by atoms with Crippen molar-refractivity contribution in [1.82, 2.24) is 4.90 Å². The quantitative estimate of drug-likeness (QED) is 0.800. The van der Waals surface area contributed by atoms with Gasteiger partial charge in [-0.1, -0.05) is 0 Å². The SMILES string of the molecule is COC(=O)c1ccc2c(c1)[C@@H](N1CCCC1C(=O)O)C(O)C(C)(C)O2. The van der Waals surface area contributed by atoms with E-state index in [4.69, 9.17) is 9.47 Å². The summed E-state index contributed by atoms with van der Waals surface area (Å²) in [4.78, 5) is 25.3. The number of benzene rings is 1. The monoisotopic (exact) mass is 349 g/mol. The van der Waals surface area contributed by atoms with Crippen LogP contribution in [0.3, 0.4) is 0 Å². The molecular weight excluding hydrogens is 326 g/mol. The summed E-state index contributed by atoms with van der Waals surface area (Å²) in [7, 11) is 1.30. The molecule has 2 heterocycles. The summed E-state index contributed by atoms with van der Waals surface area (Å²) < 4.78 is 10.7. The minimum Gasteiger partial charge on any atom is -0.485 e. The zero-order chi connectivity index (χ0) is 18.4. The maximum absolute atomic E-state index is 11.9. The van der Waals surface area contributed by atoms with E-state index >= 15 is 0 Å². The van der Waals surface area contributed by atoms with Crippen molar-refractivity contribution < 1.29 is 29.3 Å². The van der Waals surface area contributed by atoms with Crippen LogP contribution >= 0.6 is 0 Å². The fraction of sp³-hybridized carbons (Fsp3) is 0.556. The molecule has 0 saturated carbocycles. The molecule has 0 amide bonds. The van der Waals surface area contributed by atoms with E-state index in [1.165, 1.54) is 7.11 Å². The molecule has 0 radical (unpaired) electrons. The van der Waals surface area contributed by atoms with E-state index in [2.05, 4.69) is 0 Å². The zero-order valence-corrected chi connectivity index (χ0v) is 14.6. The van der Waals surface area contributed by atoms with Gasteiger partial charge in [0.25, 0.3) is 0 Å². The van der Waals surface area contributed by atoms with Crippen LogP contribution in [0.1, 0.15) is 48.7 Å². The number of aliphatic hydroxyl groups is 1. The summed E-state index contributed by atoms with van der Waals surface area (Å²) in [5, 5.41) is 20.4. The van der Waals surface area contributed by atoms with Crippen molar-refractivity contribution in [2.24, 2.45) is 0 Å². The molecule has 3 rings (SSSR count). The van der Waals surface area contributed by atoms with Crippen LogP contribution in [-0.4, -0.2) is 58.5 Å². The van der Waals surface area contributed by atoms with E-state index in [0.29, 0.717) is 29.8 Å². The molecule has 1 saturated heterocycles. The minimum atomic E-state index is -0.937. The summed E-state index contributed by atoms with van der Waals surface area (Å²) in [6.45, 7) is 4.11. The van der Waals surface area contributed by atoms with Gasteiger partial charge in [0.05, 0.1) is 18.7 Å². The van der Waals surface area contributed by atoms with Crippen molar-refractivity contribution in [3.05, 3.63) is 29.3 Å². The van der Waals surface area contributed by atoms with Crippen molar-refractivity contribution in [2.75, 3.05) is 13.7 Å². The number of hydrogen-bond acceptors (Lipinski definition) is 6. The summed E-state index contributed by atoms with van der Waals surface area (Å²) in [5.41, 5.74) is 0.0755. The maximum atomic E-state index is 11.9. The van der Waals surface area contributed by atoms with Gasteiger partial charge in [0.15, 0.2) is 0 Å². The van der Waals surface area contributed by atoms with Gasteiger partial charge in [0, 0.05) is 5.56 Å². The molecule has 1 aromatic rings. The van der Waals surface area contributed by atoms with Crippen LogP contribution in [0.4, 0.5) is 0 Å². The van der Waals surface area contributed by atoms with Crippen molar-refractivity contribution in [2.45, 2.75) is 50.5 Å². The fourth-order valence-corrected chi connectivity index (χ4v) is 3.76. The van der Waals surface area contributed by atoms with Gasteiger partial charge in [-0.3, -0.25) is 9.69 Å². The number of carboxylic acid groups (broad SMARTS) is 1. The average molecular weight is 349 g/mol. The van der Waals surface area contributed by atoms with Crippen molar-refractivity contribution >= 4 is 11.9 Å². The molecule has 2 N–H and O–H groups in total. The number of ether oxygens (including phenoxy) is 2. The summed E-state index contributed by atoms with van der Waals surface area (Å²) in [6.07, 6.45) is 0.340. The van der Waals surface area contributed by atoms with Gasteiger partial charge in [0.2, 0.25) is 0 Å². The Balaban J connectivity index is 2.10. The lowest BCUT2D eigenvalue weighted by Gasteiger charge is -2.46. The van der Waals surface area contributed by atoms with Crippen LogP contribution < -0.4 is 4.74 Å². The van der Waals surface area contributed by atoms with Crippen LogP contribution in [-0.2, 0) is 9.53 Å². The smallest absolute Gasteiger partial charge is 0.337 e. The normalized spacial score (nSPS) is 28.1. The van der Waals surface area contributed by atoms with Crippen LogP contribution in [0.15, 0.2) is 18.2 Å². The predicted octanol–water partition coefficient (Wildman–Crippen LogP) is 1.60. The summed E-state index contributed by atoms with van der Waals surface area (Å²) in [6, 6.07) is 3.68. The molecule has 0 bridgehead atoms. The largest absolute Gasteiger partial charge is 0.485 e. The van der Waals surface area contributed by atoms with Crippen LogP contribution in [0.2, 0.25) is 0 Å². The number of carboxylic acids is 1. The fourth-order valence-electron chi connectivity index (χ4n) is 3.76. The number of rotatable bonds is 3. The second-order valence-electron chi connectivity index (χ2n) is 7.07. The molecule has 0 aromatic heterocycles. The Morgan fingerprint density at radius 2 is 2.08 bits per heavy atom. The van der Waals surface area contributed by atoms with E-state index in [-0.39, 0.29) is 0 Å². The first-order chi connectivity index (χ1) is 11.8. The first kappa shape index (κ1) is 17.7. The van der Waals surface area contributed by atoms with E-state index in [0.717, 1.165) is 6.42 Å². The summed E-state index contributed by atoms with van der Waals surface area (Å²) in [5.74, 6) is -0.847. The molecule has 2 aliphatic rings. The third-order valence-corrected chi connectivity index (χ3v) is 5.07. The number of esters is 1. The molecule has 1 fully saturated rings. The lowest BCUT2D eigenvalue weighted by molar-refractivity contribution is -0.147. The standard InChI is InChI=1S/C18H23NO6/c1-18(2)15(20)14(19-8-4-5-12(19)16(21)22)11-9-10(17(23)24-3)6-7-13(11)25-18/h6-7,9,12,14-15,20H,4-5,8H2,1-3H3,(H,21,22)/t12?,14-,15?/m1/s1. The molecule has 25 heavy (non-hydrogen) atoms. The Hall–Kier alpha value is -2.12.